The van der Waals surface area contributed by atoms with Crippen LogP contribution in [0.1, 0.15) is 36.3 Å². The summed E-state index contributed by atoms with van der Waals surface area (Å²) < 4.78 is 0. The van der Waals surface area contributed by atoms with Crippen molar-refractivity contribution in [2.45, 2.75) is 32.1 Å². The Morgan fingerprint density at radius 1 is 1.13 bits per heavy atom. The monoisotopic (exact) mass is 400 g/mol. The molecule has 2 aromatic rings. The molecule has 0 saturated heterocycles. The predicted octanol–water partition coefficient (Wildman–Crippen LogP) is 4.21. The van der Waals surface area contributed by atoms with Crippen LogP contribution in [-0.2, 0) is 4.79 Å². The van der Waals surface area contributed by atoms with E-state index in [1.54, 1.807) is 12.1 Å². The van der Waals surface area contributed by atoms with Crippen LogP contribution in [0, 0.1) is 28.4 Å². The van der Waals surface area contributed by atoms with Crippen molar-refractivity contribution >= 4 is 17.2 Å². The Balaban J connectivity index is 1.92. The Morgan fingerprint density at radius 2 is 1.80 bits per heavy atom. The maximum Gasteiger partial charge on any atom is 0.269 e. The van der Waals surface area contributed by atoms with E-state index in [4.69, 9.17) is 5.73 Å². The molecule has 0 unspecified atom stereocenters. The second-order valence-electron chi connectivity index (χ2n) is 7.50. The standard InChI is InChI=1S/C23H20N4O3/c1-14-5-9-16(10-6-14)26-19-3-2-4-20(28)22(19)21(18(13-24)23(26)25)15-7-11-17(12-8-15)27(29)30/h5-12,21H,2-4,25H2,1H3/t21-/m0/s1. The van der Waals surface area contributed by atoms with Crippen LogP contribution < -0.4 is 10.6 Å². The second kappa shape index (κ2) is 7.48. The molecule has 4 rings (SSSR count). The van der Waals surface area contributed by atoms with E-state index in [1.165, 1.54) is 12.1 Å². The van der Waals surface area contributed by atoms with Gasteiger partial charge in [-0.25, -0.2) is 0 Å². The molecular weight excluding hydrogens is 380 g/mol. The number of benzene rings is 2. The summed E-state index contributed by atoms with van der Waals surface area (Å²) in [5.41, 5.74) is 10.6. The lowest BCUT2D eigenvalue weighted by Crippen LogP contribution is -2.38. The summed E-state index contributed by atoms with van der Waals surface area (Å²) in [5, 5.41) is 21.0. The largest absolute Gasteiger partial charge is 0.384 e. The van der Waals surface area contributed by atoms with E-state index in [0.717, 1.165) is 16.9 Å². The maximum absolute atomic E-state index is 13.0. The van der Waals surface area contributed by atoms with Crippen LogP contribution in [0.25, 0.3) is 0 Å². The number of nitrogens with two attached hydrogens (primary N) is 1. The molecule has 1 heterocycles. The Kier molecular flexibility index (Phi) is 4.84. The SMILES string of the molecule is Cc1ccc(N2C(N)=C(C#N)[C@H](c3ccc([N+](=O)[O-])cc3)C3=C2CCCC3=O)cc1. The molecule has 0 fully saturated rings. The molecule has 0 aromatic heterocycles. The Labute approximate surface area is 173 Å². The zero-order valence-electron chi connectivity index (χ0n) is 16.5. The van der Waals surface area contributed by atoms with Crippen LogP contribution in [0.5, 0.6) is 0 Å². The number of carbonyl (C=O) groups excluding carboxylic acids is 1. The highest BCUT2D eigenvalue weighted by molar-refractivity contribution is 6.01. The summed E-state index contributed by atoms with van der Waals surface area (Å²) >= 11 is 0. The molecule has 150 valence electrons. The van der Waals surface area contributed by atoms with E-state index in [0.29, 0.717) is 30.4 Å². The van der Waals surface area contributed by atoms with Gasteiger partial charge in [0.1, 0.15) is 5.82 Å². The number of nitro groups is 1. The van der Waals surface area contributed by atoms with Crippen LogP contribution in [0.3, 0.4) is 0 Å². The number of carbonyl (C=O) groups is 1. The summed E-state index contributed by atoms with van der Waals surface area (Å²) in [7, 11) is 0. The zero-order valence-corrected chi connectivity index (χ0v) is 16.5. The van der Waals surface area contributed by atoms with Crippen molar-refractivity contribution in [1.29, 1.82) is 5.26 Å². The number of nitro benzene ring substituents is 1. The van der Waals surface area contributed by atoms with Crippen molar-refractivity contribution < 1.29 is 9.72 Å². The van der Waals surface area contributed by atoms with E-state index >= 15 is 0 Å². The second-order valence-corrected chi connectivity index (χ2v) is 7.50. The molecule has 2 aromatic carbocycles. The van der Waals surface area contributed by atoms with Gasteiger partial charge in [-0.2, -0.15) is 5.26 Å². The molecule has 0 radical (unpaired) electrons. The summed E-state index contributed by atoms with van der Waals surface area (Å²) in [5.74, 6) is -0.351. The molecular formula is C23H20N4O3. The number of ketones is 1. The van der Waals surface area contributed by atoms with Crippen molar-refractivity contribution in [1.82, 2.24) is 0 Å². The first-order valence-corrected chi connectivity index (χ1v) is 9.69. The molecule has 0 saturated carbocycles. The smallest absolute Gasteiger partial charge is 0.269 e. The van der Waals surface area contributed by atoms with Gasteiger partial charge < -0.3 is 5.73 Å². The quantitative estimate of drug-likeness (QED) is 0.610. The fourth-order valence-electron chi connectivity index (χ4n) is 4.20. The van der Waals surface area contributed by atoms with Crippen molar-refractivity contribution in [2.24, 2.45) is 5.73 Å². The molecule has 1 atom stereocenters. The van der Waals surface area contributed by atoms with Crippen LogP contribution in [0.15, 0.2) is 71.2 Å². The molecule has 2 N–H and O–H groups in total. The van der Waals surface area contributed by atoms with Crippen molar-refractivity contribution in [3.05, 3.63) is 92.4 Å². The van der Waals surface area contributed by atoms with Gasteiger partial charge in [-0.05, 0) is 37.5 Å². The van der Waals surface area contributed by atoms with Crippen LogP contribution in [0.2, 0.25) is 0 Å². The average Bonchev–Trinajstić information content (AvgIpc) is 2.74. The number of aryl methyl sites for hydroxylation is 1. The molecule has 2 aliphatic rings. The molecule has 0 amide bonds. The Hall–Kier alpha value is -3.92. The fraction of sp³-hybridized carbons (Fsp3) is 0.217. The van der Waals surface area contributed by atoms with Crippen LogP contribution in [-0.4, -0.2) is 10.7 Å². The summed E-state index contributed by atoms with van der Waals surface area (Å²) in [4.78, 5) is 25.4. The highest BCUT2D eigenvalue weighted by Gasteiger charge is 2.40. The first-order valence-electron chi connectivity index (χ1n) is 9.69. The maximum atomic E-state index is 13.0. The highest BCUT2D eigenvalue weighted by atomic mass is 16.6. The van der Waals surface area contributed by atoms with Crippen LogP contribution >= 0.6 is 0 Å². The minimum atomic E-state index is -0.625. The number of Topliss-reactive ketones (excluding diaryl/α,β-unsaturated/α-hetero) is 1. The van der Waals surface area contributed by atoms with Gasteiger partial charge in [0.2, 0.25) is 0 Å². The van der Waals surface area contributed by atoms with Gasteiger partial charge >= 0.3 is 0 Å². The van der Waals surface area contributed by atoms with Crippen molar-refractivity contribution in [3.8, 4) is 6.07 Å². The van der Waals surface area contributed by atoms with Gasteiger partial charge in [0.15, 0.2) is 5.78 Å². The third kappa shape index (κ3) is 3.12. The Morgan fingerprint density at radius 3 is 2.40 bits per heavy atom. The van der Waals surface area contributed by atoms with Crippen molar-refractivity contribution in [2.75, 3.05) is 4.90 Å². The van der Waals surface area contributed by atoms with E-state index in [2.05, 4.69) is 6.07 Å². The van der Waals surface area contributed by atoms with Gasteiger partial charge in [0.25, 0.3) is 5.69 Å². The Bertz CT molecular complexity index is 1140. The number of hydrogen-bond donors (Lipinski definition) is 1. The normalized spacial score (nSPS) is 18.9. The third-order valence-corrected chi connectivity index (χ3v) is 5.64. The van der Waals surface area contributed by atoms with Crippen molar-refractivity contribution in [3.63, 3.8) is 0 Å². The topological polar surface area (TPSA) is 113 Å². The lowest BCUT2D eigenvalue weighted by Gasteiger charge is -2.39. The molecule has 0 bridgehead atoms. The molecule has 1 aliphatic heterocycles. The number of anilines is 1. The van der Waals surface area contributed by atoms with Crippen LogP contribution in [0.4, 0.5) is 11.4 Å². The van der Waals surface area contributed by atoms with Gasteiger partial charge in [-0.15, -0.1) is 0 Å². The number of hydrogen-bond acceptors (Lipinski definition) is 6. The lowest BCUT2D eigenvalue weighted by molar-refractivity contribution is -0.384. The van der Waals surface area contributed by atoms with Gasteiger partial charge in [-0.3, -0.25) is 19.8 Å². The lowest BCUT2D eigenvalue weighted by atomic mass is 9.75. The minimum Gasteiger partial charge on any atom is -0.384 e. The summed E-state index contributed by atoms with van der Waals surface area (Å²) in [6, 6.07) is 15.9. The summed E-state index contributed by atoms with van der Waals surface area (Å²) in [6.45, 7) is 1.99. The number of allylic oxidation sites excluding steroid dienone is 3. The van der Waals surface area contributed by atoms with Gasteiger partial charge in [0, 0.05) is 35.5 Å². The number of rotatable bonds is 3. The predicted molar refractivity (Wildman–Crippen MR) is 112 cm³/mol. The third-order valence-electron chi connectivity index (χ3n) is 5.64. The molecule has 7 nitrogen and oxygen atoms in total. The van der Waals surface area contributed by atoms with E-state index in [9.17, 15) is 20.2 Å². The van der Waals surface area contributed by atoms with Gasteiger partial charge in [0.05, 0.1) is 22.5 Å². The fourth-order valence-corrected chi connectivity index (χ4v) is 4.20. The first kappa shape index (κ1) is 19.4. The van der Waals surface area contributed by atoms with E-state index < -0.39 is 10.8 Å². The number of nitriles is 1. The molecule has 0 spiro atoms. The minimum absolute atomic E-state index is 0.0167. The van der Waals surface area contributed by atoms with Gasteiger partial charge in [-0.1, -0.05) is 29.8 Å². The molecule has 1 aliphatic carbocycles. The zero-order chi connectivity index (χ0) is 21.4. The average molecular weight is 400 g/mol. The van der Waals surface area contributed by atoms with E-state index in [-0.39, 0.29) is 22.9 Å². The number of nitrogens with zero attached hydrogens (tertiary/aromatic N) is 3. The first-order chi connectivity index (χ1) is 14.4. The molecule has 7 heteroatoms. The molecule has 30 heavy (non-hydrogen) atoms. The highest BCUT2D eigenvalue weighted by Crippen LogP contribution is 2.46. The van der Waals surface area contributed by atoms with E-state index in [1.807, 2.05) is 36.1 Å². The number of non-ortho nitro benzene ring substituents is 1. The summed E-state index contributed by atoms with van der Waals surface area (Å²) in [6.07, 6.45) is 1.78.